The van der Waals surface area contributed by atoms with Gasteiger partial charge in [0.2, 0.25) is 0 Å². The second kappa shape index (κ2) is 5.35. The van der Waals surface area contributed by atoms with Gasteiger partial charge >= 0.3 is 0 Å². The summed E-state index contributed by atoms with van der Waals surface area (Å²) in [7, 11) is -2.90. The molecule has 15 heavy (non-hydrogen) atoms. The molecule has 0 heterocycles. The molecule has 0 aliphatic heterocycles. The van der Waals surface area contributed by atoms with Crippen LogP contribution in [0.1, 0.15) is 39.5 Å². The molecule has 0 spiro atoms. The van der Waals surface area contributed by atoms with Gasteiger partial charge in [0.25, 0.3) is 0 Å². The van der Waals surface area contributed by atoms with Crippen LogP contribution in [-0.2, 0) is 9.84 Å². The van der Waals surface area contributed by atoms with Crippen molar-refractivity contribution in [3.05, 3.63) is 11.6 Å². The van der Waals surface area contributed by atoms with Gasteiger partial charge in [-0.2, -0.15) is 0 Å². The SMILES string of the molecule is CC(C)S(=O)(=O)CCC1=CC(Cl)CCC1. The van der Waals surface area contributed by atoms with Crippen LogP contribution in [0.5, 0.6) is 0 Å². The van der Waals surface area contributed by atoms with Crippen molar-refractivity contribution in [2.45, 2.75) is 50.2 Å². The molecule has 0 amide bonds. The van der Waals surface area contributed by atoms with E-state index in [-0.39, 0.29) is 16.4 Å². The molecule has 0 aromatic carbocycles. The molecule has 0 radical (unpaired) electrons. The fourth-order valence-corrected chi connectivity index (χ4v) is 3.01. The molecule has 1 rings (SSSR count). The van der Waals surface area contributed by atoms with Crippen molar-refractivity contribution >= 4 is 21.4 Å². The van der Waals surface area contributed by atoms with E-state index in [1.54, 1.807) is 13.8 Å². The highest BCUT2D eigenvalue weighted by molar-refractivity contribution is 7.91. The van der Waals surface area contributed by atoms with Crippen molar-refractivity contribution in [3.63, 3.8) is 0 Å². The summed E-state index contributed by atoms with van der Waals surface area (Å²) in [5, 5.41) is -0.163. The summed E-state index contributed by atoms with van der Waals surface area (Å²) in [6, 6.07) is 0. The number of allylic oxidation sites excluding steroid dienone is 2. The molecule has 2 nitrogen and oxygen atoms in total. The monoisotopic (exact) mass is 250 g/mol. The van der Waals surface area contributed by atoms with Crippen LogP contribution in [0.15, 0.2) is 11.6 Å². The molecule has 1 aliphatic carbocycles. The molecule has 1 aliphatic rings. The van der Waals surface area contributed by atoms with Gasteiger partial charge in [0.05, 0.1) is 16.4 Å². The molecular formula is C11H19ClO2S. The van der Waals surface area contributed by atoms with Crippen molar-refractivity contribution in [1.82, 2.24) is 0 Å². The van der Waals surface area contributed by atoms with E-state index in [9.17, 15) is 8.42 Å². The standard InChI is InChI=1S/C11H19ClO2S/c1-9(2)15(13,14)7-6-10-4-3-5-11(12)8-10/h8-9,11H,3-7H2,1-2H3. The Morgan fingerprint density at radius 3 is 2.73 bits per heavy atom. The molecule has 0 saturated carbocycles. The summed E-state index contributed by atoms with van der Waals surface area (Å²) < 4.78 is 23.2. The second-order valence-electron chi connectivity index (χ2n) is 4.40. The first-order valence-corrected chi connectivity index (χ1v) is 7.62. The van der Waals surface area contributed by atoms with Gasteiger partial charge in [-0.25, -0.2) is 8.42 Å². The van der Waals surface area contributed by atoms with Crippen molar-refractivity contribution in [2.75, 3.05) is 5.75 Å². The minimum atomic E-state index is -2.90. The summed E-state index contributed by atoms with van der Waals surface area (Å²) >= 11 is 6.00. The molecule has 4 heteroatoms. The summed E-state index contributed by atoms with van der Waals surface area (Å²) in [5.74, 6) is 0.264. The normalized spacial score (nSPS) is 22.9. The number of alkyl halides is 1. The predicted octanol–water partition coefficient (Wildman–Crippen LogP) is 2.92. The van der Waals surface area contributed by atoms with Gasteiger partial charge in [-0.3, -0.25) is 0 Å². The number of sulfone groups is 1. The van der Waals surface area contributed by atoms with Gasteiger partial charge < -0.3 is 0 Å². The number of rotatable bonds is 4. The van der Waals surface area contributed by atoms with Gasteiger partial charge in [-0.05, 0) is 39.5 Å². The molecule has 0 fully saturated rings. The lowest BCUT2D eigenvalue weighted by atomic mass is 9.98. The van der Waals surface area contributed by atoms with Crippen LogP contribution >= 0.6 is 11.6 Å². The van der Waals surface area contributed by atoms with E-state index in [0.29, 0.717) is 6.42 Å². The Kier molecular flexibility index (Phi) is 4.65. The van der Waals surface area contributed by atoms with Crippen LogP contribution < -0.4 is 0 Å². The third-order valence-corrected chi connectivity index (χ3v) is 5.37. The Morgan fingerprint density at radius 2 is 2.20 bits per heavy atom. The molecule has 1 unspecified atom stereocenters. The van der Waals surface area contributed by atoms with Crippen molar-refractivity contribution in [3.8, 4) is 0 Å². The first-order valence-electron chi connectivity index (χ1n) is 5.47. The maximum Gasteiger partial charge on any atom is 0.152 e. The first kappa shape index (κ1) is 13.0. The average Bonchev–Trinajstić information content (AvgIpc) is 2.15. The van der Waals surface area contributed by atoms with Crippen LogP contribution in [0.3, 0.4) is 0 Å². The van der Waals surface area contributed by atoms with Crippen LogP contribution in [-0.4, -0.2) is 24.8 Å². The quantitative estimate of drug-likeness (QED) is 0.568. The van der Waals surface area contributed by atoms with E-state index in [2.05, 4.69) is 0 Å². The van der Waals surface area contributed by atoms with E-state index < -0.39 is 9.84 Å². The highest BCUT2D eigenvalue weighted by atomic mass is 35.5. The molecule has 0 bridgehead atoms. The smallest absolute Gasteiger partial charge is 0.152 e. The zero-order valence-electron chi connectivity index (χ0n) is 9.37. The van der Waals surface area contributed by atoms with Crippen molar-refractivity contribution in [1.29, 1.82) is 0 Å². The Morgan fingerprint density at radius 1 is 1.53 bits per heavy atom. The Labute approximate surface area is 97.6 Å². The molecule has 0 aromatic rings. The van der Waals surface area contributed by atoms with Gasteiger partial charge in [0.15, 0.2) is 9.84 Å². The fraction of sp³-hybridized carbons (Fsp3) is 0.818. The Hall–Kier alpha value is -0.0200. The predicted molar refractivity (Wildman–Crippen MR) is 65.1 cm³/mol. The van der Waals surface area contributed by atoms with Crippen LogP contribution in [0.4, 0.5) is 0 Å². The van der Waals surface area contributed by atoms with Crippen molar-refractivity contribution in [2.24, 2.45) is 0 Å². The number of halogens is 1. The average molecular weight is 251 g/mol. The van der Waals surface area contributed by atoms with E-state index in [4.69, 9.17) is 11.6 Å². The highest BCUT2D eigenvalue weighted by Gasteiger charge is 2.18. The minimum absolute atomic E-state index is 0.107. The lowest BCUT2D eigenvalue weighted by Gasteiger charge is -2.16. The molecule has 0 saturated heterocycles. The topological polar surface area (TPSA) is 34.1 Å². The summed E-state index contributed by atoms with van der Waals surface area (Å²) in [4.78, 5) is 0. The van der Waals surface area contributed by atoms with Gasteiger partial charge in [-0.15, -0.1) is 11.6 Å². The summed E-state index contributed by atoms with van der Waals surface area (Å²) in [6.45, 7) is 3.46. The van der Waals surface area contributed by atoms with E-state index in [1.165, 1.54) is 5.57 Å². The molecule has 1 atom stereocenters. The lowest BCUT2D eigenvalue weighted by molar-refractivity contribution is 0.584. The molecule has 88 valence electrons. The zero-order chi connectivity index (χ0) is 11.5. The summed E-state index contributed by atoms with van der Waals surface area (Å²) in [5.41, 5.74) is 1.21. The minimum Gasteiger partial charge on any atom is -0.229 e. The first-order chi connectivity index (χ1) is 6.92. The number of hydrogen-bond donors (Lipinski definition) is 0. The molecule has 0 aromatic heterocycles. The third-order valence-electron chi connectivity index (χ3n) is 2.82. The Bertz CT molecular complexity index is 330. The largest absolute Gasteiger partial charge is 0.229 e. The Balaban J connectivity index is 2.50. The lowest BCUT2D eigenvalue weighted by Crippen LogP contribution is -2.18. The number of hydrogen-bond acceptors (Lipinski definition) is 2. The third kappa shape index (κ3) is 4.15. The van der Waals surface area contributed by atoms with Crippen LogP contribution in [0.2, 0.25) is 0 Å². The van der Waals surface area contributed by atoms with Gasteiger partial charge in [0, 0.05) is 0 Å². The fourth-order valence-electron chi connectivity index (χ4n) is 1.66. The van der Waals surface area contributed by atoms with E-state index >= 15 is 0 Å². The van der Waals surface area contributed by atoms with E-state index in [0.717, 1.165) is 19.3 Å². The zero-order valence-corrected chi connectivity index (χ0v) is 10.9. The molecular weight excluding hydrogens is 232 g/mol. The van der Waals surface area contributed by atoms with Crippen LogP contribution in [0, 0.1) is 0 Å². The van der Waals surface area contributed by atoms with E-state index in [1.807, 2.05) is 6.08 Å². The second-order valence-corrected chi connectivity index (χ2v) is 7.64. The maximum absolute atomic E-state index is 11.6. The maximum atomic E-state index is 11.6. The molecule has 0 N–H and O–H groups in total. The highest BCUT2D eigenvalue weighted by Crippen LogP contribution is 2.24. The summed E-state index contributed by atoms with van der Waals surface area (Å²) in [6.07, 6.45) is 5.80. The van der Waals surface area contributed by atoms with Gasteiger partial charge in [0.1, 0.15) is 0 Å². The van der Waals surface area contributed by atoms with Gasteiger partial charge in [-0.1, -0.05) is 11.6 Å². The van der Waals surface area contributed by atoms with Crippen LogP contribution in [0.25, 0.3) is 0 Å². The van der Waals surface area contributed by atoms with Crippen molar-refractivity contribution < 1.29 is 8.42 Å².